The first kappa shape index (κ1) is 15.4. The molecule has 3 N–H and O–H groups in total. The number of nitrogens with zero attached hydrogens (tertiary/aromatic N) is 1. The summed E-state index contributed by atoms with van der Waals surface area (Å²) in [6.45, 7) is 2.40. The molecule has 0 bridgehead atoms. The molecule has 0 aliphatic rings. The summed E-state index contributed by atoms with van der Waals surface area (Å²) >= 11 is 0. The SMILES string of the molecule is CCOc1ccc(N(C(N)=O)c2ccccc2C(=O)O)cc1. The van der Waals surface area contributed by atoms with Crippen LogP contribution in [0.1, 0.15) is 17.3 Å². The second-order valence-corrected chi connectivity index (χ2v) is 4.42. The summed E-state index contributed by atoms with van der Waals surface area (Å²) < 4.78 is 5.34. The predicted octanol–water partition coefficient (Wildman–Crippen LogP) is 3.00. The number of rotatable bonds is 5. The lowest BCUT2D eigenvalue weighted by Crippen LogP contribution is -2.32. The molecule has 2 amide bonds. The number of amides is 2. The normalized spacial score (nSPS) is 10.0. The largest absolute Gasteiger partial charge is 0.494 e. The molecule has 2 aromatic carbocycles. The number of carbonyl (C=O) groups is 2. The van der Waals surface area contributed by atoms with Gasteiger partial charge in [0.15, 0.2) is 0 Å². The molecule has 0 radical (unpaired) electrons. The van der Waals surface area contributed by atoms with E-state index in [4.69, 9.17) is 10.5 Å². The first-order chi connectivity index (χ1) is 10.5. The van der Waals surface area contributed by atoms with Crippen molar-refractivity contribution >= 4 is 23.4 Å². The second-order valence-electron chi connectivity index (χ2n) is 4.42. The number of ether oxygens (including phenoxy) is 1. The Kier molecular flexibility index (Phi) is 4.63. The molecule has 2 rings (SSSR count). The van der Waals surface area contributed by atoms with Crippen LogP contribution in [0.15, 0.2) is 48.5 Å². The van der Waals surface area contributed by atoms with Crippen LogP contribution in [0.25, 0.3) is 0 Å². The molecule has 114 valence electrons. The number of primary amides is 1. The lowest BCUT2D eigenvalue weighted by Gasteiger charge is -2.22. The maximum absolute atomic E-state index is 11.8. The Labute approximate surface area is 127 Å². The van der Waals surface area contributed by atoms with Crippen molar-refractivity contribution in [3.8, 4) is 5.75 Å². The van der Waals surface area contributed by atoms with Crippen LogP contribution in [-0.2, 0) is 0 Å². The van der Waals surface area contributed by atoms with E-state index in [2.05, 4.69) is 0 Å². The van der Waals surface area contributed by atoms with E-state index >= 15 is 0 Å². The van der Waals surface area contributed by atoms with Gasteiger partial charge in [-0.05, 0) is 43.3 Å². The van der Waals surface area contributed by atoms with E-state index in [1.807, 2.05) is 6.92 Å². The Morgan fingerprint density at radius 1 is 1.14 bits per heavy atom. The Balaban J connectivity index is 2.47. The maximum Gasteiger partial charge on any atom is 0.337 e. The number of urea groups is 1. The van der Waals surface area contributed by atoms with Gasteiger partial charge in [0.1, 0.15) is 5.75 Å². The van der Waals surface area contributed by atoms with Crippen molar-refractivity contribution in [1.82, 2.24) is 0 Å². The zero-order valence-corrected chi connectivity index (χ0v) is 12.0. The minimum Gasteiger partial charge on any atom is -0.494 e. The topological polar surface area (TPSA) is 92.9 Å². The molecule has 0 unspecified atom stereocenters. The Bertz CT molecular complexity index is 683. The number of para-hydroxylation sites is 1. The van der Waals surface area contributed by atoms with Gasteiger partial charge in [-0.2, -0.15) is 0 Å². The van der Waals surface area contributed by atoms with Crippen LogP contribution in [0, 0.1) is 0 Å². The zero-order valence-electron chi connectivity index (χ0n) is 12.0. The highest BCUT2D eigenvalue weighted by Gasteiger charge is 2.21. The third kappa shape index (κ3) is 3.17. The van der Waals surface area contributed by atoms with Crippen molar-refractivity contribution in [2.45, 2.75) is 6.92 Å². The summed E-state index contributed by atoms with van der Waals surface area (Å²) in [7, 11) is 0. The van der Waals surface area contributed by atoms with Gasteiger partial charge in [0, 0.05) is 0 Å². The molecule has 0 saturated carbocycles. The smallest absolute Gasteiger partial charge is 0.337 e. The molecular formula is C16H16N2O4. The fourth-order valence-electron chi connectivity index (χ4n) is 2.09. The maximum atomic E-state index is 11.8. The summed E-state index contributed by atoms with van der Waals surface area (Å²) in [4.78, 5) is 24.3. The highest BCUT2D eigenvalue weighted by Crippen LogP contribution is 2.29. The van der Waals surface area contributed by atoms with Crippen LogP contribution < -0.4 is 15.4 Å². The fraction of sp³-hybridized carbons (Fsp3) is 0.125. The summed E-state index contributed by atoms with van der Waals surface area (Å²) in [5, 5.41) is 9.26. The third-order valence-electron chi connectivity index (χ3n) is 3.00. The molecule has 0 atom stereocenters. The van der Waals surface area contributed by atoms with Gasteiger partial charge in [0.2, 0.25) is 0 Å². The predicted molar refractivity (Wildman–Crippen MR) is 82.7 cm³/mol. The van der Waals surface area contributed by atoms with Crippen LogP contribution in [0.2, 0.25) is 0 Å². The number of carboxylic acid groups (broad SMARTS) is 1. The lowest BCUT2D eigenvalue weighted by molar-refractivity contribution is 0.0698. The molecule has 6 nitrogen and oxygen atoms in total. The summed E-state index contributed by atoms with van der Waals surface area (Å²) in [5.41, 5.74) is 6.10. The van der Waals surface area contributed by atoms with Gasteiger partial charge in [-0.3, -0.25) is 4.90 Å². The standard InChI is InChI=1S/C16H16N2O4/c1-2-22-12-9-7-11(8-10-12)18(16(17)21)14-6-4-3-5-13(14)15(19)20/h3-10H,2H2,1H3,(H2,17,21)(H,19,20). The summed E-state index contributed by atoms with van der Waals surface area (Å²) in [6.07, 6.45) is 0. The van der Waals surface area contributed by atoms with Gasteiger partial charge in [0.05, 0.1) is 23.5 Å². The monoisotopic (exact) mass is 300 g/mol. The van der Waals surface area contributed by atoms with E-state index in [0.717, 1.165) is 4.90 Å². The van der Waals surface area contributed by atoms with Gasteiger partial charge < -0.3 is 15.6 Å². The van der Waals surface area contributed by atoms with Gasteiger partial charge in [0.25, 0.3) is 0 Å². The van der Waals surface area contributed by atoms with Crippen LogP contribution in [-0.4, -0.2) is 23.7 Å². The van der Waals surface area contributed by atoms with Crippen LogP contribution >= 0.6 is 0 Å². The molecule has 0 heterocycles. The van der Waals surface area contributed by atoms with Gasteiger partial charge >= 0.3 is 12.0 Å². The first-order valence-corrected chi connectivity index (χ1v) is 6.69. The number of benzene rings is 2. The molecule has 2 aromatic rings. The second kappa shape index (κ2) is 6.62. The molecule has 0 fully saturated rings. The van der Waals surface area contributed by atoms with E-state index in [0.29, 0.717) is 18.0 Å². The average Bonchev–Trinajstić information content (AvgIpc) is 2.49. The molecule has 22 heavy (non-hydrogen) atoms. The number of carbonyl (C=O) groups excluding carboxylic acids is 1. The fourth-order valence-corrected chi connectivity index (χ4v) is 2.09. The zero-order chi connectivity index (χ0) is 16.1. The Morgan fingerprint density at radius 3 is 2.32 bits per heavy atom. The highest BCUT2D eigenvalue weighted by molar-refractivity contribution is 6.05. The number of aromatic carboxylic acids is 1. The number of hydrogen-bond acceptors (Lipinski definition) is 3. The van der Waals surface area contributed by atoms with Crippen LogP contribution in [0.5, 0.6) is 5.75 Å². The van der Waals surface area contributed by atoms with Crippen LogP contribution in [0.3, 0.4) is 0 Å². The van der Waals surface area contributed by atoms with E-state index < -0.39 is 12.0 Å². The van der Waals surface area contributed by atoms with Crippen molar-refractivity contribution in [3.63, 3.8) is 0 Å². The number of nitrogens with two attached hydrogens (primary N) is 1. The molecule has 0 aliphatic carbocycles. The van der Waals surface area contributed by atoms with Crippen molar-refractivity contribution in [2.24, 2.45) is 5.73 Å². The highest BCUT2D eigenvalue weighted by atomic mass is 16.5. The first-order valence-electron chi connectivity index (χ1n) is 6.69. The Hall–Kier alpha value is -3.02. The number of carboxylic acids is 1. The quantitative estimate of drug-likeness (QED) is 0.887. The van der Waals surface area contributed by atoms with Crippen LogP contribution in [0.4, 0.5) is 16.2 Å². The molecular weight excluding hydrogens is 284 g/mol. The third-order valence-corrected chi connectivity index (χ3v) is 3.00. The van der Waals surface area contributed by atoms with Crippen molar-refractivity contribution < 1.29 is 19.4 Å². The molecule has 0 aromatic heterocycles. The number of anilines is 2. The molecule has 0 aliphatic heterocycles. The van der Waals surface area contributed by atoms with Gasteiger partial charge in [-0.25, -0.2) is 9.59 Å². The van der Waals surface area contributed by atoms with E-state index in [-0.39, 0.29) is 11.3 Å². The van der Waals surface area contributed by atoms with Gasteiger partial charge in [-0.1, -0.05) is 12.1 Å². The van der Waals surface area contributed by atoms with Gasteiger partial charge in [-0.15, -0.1) is 0 Å². The van der Waals surface area contributed by atoms with E-state index in [1.165, 1.54) is 12.1 Å². The minimum absolute atomic E-state index is 0.00446. The molecule has 6 heteroatoms. The minimum atomic E-state index is -1.13. The van der Waals surface area contributed by atoms with Crippen molar-refractivity contribution in [2.75, 3.05) is 11.5 Å². The van der Waals surface area contributed by atoms with E-state index in [9.17, 15) is 14.7 Å². The van der Waals surface area contributed by atoms with Crippen molar-refractivity contribution in [1.29, 1.82) is 0 Å². The number of hydrogen-bond donors (Lipinski definition) is 2. The molecule has 0 spiro atoms. The lowest BCUT2D eigenvalue weighted by atomic mass is 10.1. The summed E-state index contributed by atoms with van der Waals surface area (Å²) in [6, 6.07) is 12.1. The Morgan fingerprint density at radius 2 is 1.77 bits per heavy atom. The van der Waals surface area contributed by atoms with Crippen molar-refractivity contribution in [3.05, 3.63) is 54.1 Å². The summed E-state index contributed by atoms with van der Waals surface area (Å²) in [5.74, 6) is -0.477. The molecule has 0 saturated heterocycles. The van der Waals surface area contributed by atoms with E-state index in [1.54, 1.807) is 36.4 Å². The average molecular weight is 300 g/mol.